The standard InChI is InChI=1S/2C7H7.Zn/c2*1-7-5-3-2-4-6-7;/h2*3-6H,1H3;. The van der Waals surface area contributed by atoms with Gasteiger partial charge in [0.05, 0.1) is 0 Å². The van der Waals surface area contributed by atoms with Crippen LogP contribution in [0.4, 0.5) is 0 Å². The molecule has 2 rings (SSSR count). The molecule has 2 aromatic carbocycles. The number of benzene rings is 2. The van der Waals surface area contributed by atoms with Gasteiger partial charge < -0.3 is 0 Å². The summed E-state index contributed by atoms with van der Waals surface area (Å²) in [5.41, 5.74) is 2.70. The summed E-state index contributed by atoms with van der Waals surface area (Å²) in [6.07, 6.45) is 0. The number of hydrogen-bond donors (Lipinski definition) is 0. The first kappa shape index (κ1) is 10.6. The number of rotatable bonds is 2. The van der Waals surface area contributed by atoms with Gasteiger partial charge >= 0.3 is 98.9 Å². The molecular formula is C14H14Zn. The van der Waals surface area contributed by atoms with Gasteiger partial charge in [0.15, 0.2) is 0 Å². The van der Waals surface area contributed by atoms with Crippen LogP contribution in [0.25, 0.3) is 0 Å². The molecule has 0 aliphatic carbocycles. The van der Waals surface area contributed by atoms with Crippen molar-refractivity contribution in [2.24, 2.45) is 0 Å². The van der Waals surface area contributed by atoms with E-state index in [1.54, 1.807) is 8.32 Å². The zero-order valence-electron chi connectivity index (χ0n) is 9.33. The van der Waals surface area contributed by atoms with Crippen LogP contribution >= 0.6 is 0 Å². The molecule has 0 bridgehead atoms. The van der Waals surface area contributed by atoms with E-state index in [0.29, 0.717) is 0 Å². The van der Waals surface area contributed by atoms with Crippen LogP contribution in [-0.2, 0) is 17.1 Å². The predicted octanol–water partition coefficient (Wildman–Crippen LogP) is 2.34. The minimum absolute atomic E-state index is 0.719. The topological polar surface area (TPSA) is 0 Å². The normalized spacial score (nSPS) is 9.73. The first-order chi connectivity index (χ1) is 7.24. The summed E-state index contributed by atoms with van der Waals surface area (Å²) >= 11 is -0.719. The molecule has 0 atom stereocenters. The Morgan fingerprint density at radius 3 is 1.27 bits per heavy atom. The van der Waals surface area contributed by atoms with E-state index in [2.05, 4.69) is 62.4 Å². The summed E-state index contributed by atoms with van der Waals surface area (Å²) in [6, 6.07) is 18.0. The van der Waals surface area contributed by atoms with Crippen molar-refractivity contribution in [1.29, 1.82) is 0 Å². The van der Waals surface area contributed by atoms with Crippen molar-refractivity contribution in [3.8, 4) is 0 Å². The molecule has 0 aliphatic heterocycles. The molecule has 0 fully saturated rings. The third-order valence-corrected chi connectivity index (χ3v) is 6.34. The second-order valence-electron chi connectivity index (χ2n) is 4.15. The maximum atomic E-state index is 2.29. The molecule has 0 saturated heterocycles. The fourth-order valence-corrected chi connectivity index (χ4v) is 4.61. The maximum absolute atomic E-state index is 2.29. The summed E-state index contributed by atoms with van der Waals surface area (Å²) in [6.45, 7) is 4.28. The predicted molar refractivity (Wildman–Crippen MR) is 61.6 cm³/mol. The third-order valence-electron chi connectivity index (χ3n) is 2.65. The van der Waals surface area contributed by atoms with Crippen LogP contribution in [0.3, 0.4) is 0 Å². The van der Waals surface area contributed by atoms with E-state index in [1.807, 2.05) is 0 Å². The second-order valence-corrected chi connectivity index (χ2v) is 8.32. The Morgan fingerprint density at radius 2 is 0.933 bits per heavy atom. The average Bonchev–Trinajstić information content (AvgIpc) is 2.25. The Bertz CT molecular complexity index is 382. The Hall–Kier alpha value is -0.937. The van der Waals surface area contributed by atoms with Crippen molar-refractivity contribution in [2.75, 3.05) is 0 Å². The Balaban J connectivity index is 2.15. The first-order valence-electron chi connectivity index (χ1n) is 5.35. The molecule has 2 aromatic rings. The van der Waals surface area contributed by atoms with E-state index in [9.17, 15) is 0 Å². The van der Waals surface area contributed by atoms with Crippen LogP contribution in [0.1, 0.15) is 11.1 Å². The average molecular weight is 248 g/mol. The molecule has 0 aliphatic rings. The zero-order valence-corrected chi connectivity index (χ0v) is 12.3. The van der Waals surface area contributed by atoms with Crippen LogP contribution in [0.15, 0.2) is 48.5 Å². The van der Waals surface area contributed by atoms with Gasteiger partial charge in [-0.05, 0) is 0 Å². The molecular weight excluding hydrogens is 234 g/mol. The quantitative estimate of drug-likeness (QED) is 0.715. The van der Waals surface area contributed by atoms with E-state index >= 15 is 0 Å². The summed E-state index contributed by atoms with van der Waals surface area (Å²) < 4.78 is 3.13. The van der Waals surface area contributed by atoms with Crippen LogP contribution in [-0.4, -0.2) is 0 Å². The SMILES string of the molecule is Cc1cc[c]([Zn][c]2ccc(C)cc2)cc1. The van der Waals surface area contributed by atoms with Gasteiger partial charge in [-0.25, -0.2) is 0 Å². The molecule has 0 N–H and O–H groups in total. The van der Waals surface area contributed by atoms with Gasteiger partial charge in [0.1, 0.15) is 0 Å². The first-order valence-corrected chi connectivity index (χ1v) is 8.32. The van der Waals surface area contributed by atoms with Gasteiger partial charge in [0.25, 0.3) is 0 Å². The van der Waals surface area contributed by atoms with Gasteiger partial charge in [0.2, 0.25) is 0 Å². The molecule has 0 radical (unpaired) electrons. The van der Waals surface area contributed by atoms with E-state index in [-0.39, 0.29) is 0 Å². The van der Waals surface area contributed by atoms with Crippen molar-refractivity contribution in [3.63, 3.8) is 0 Å². The van der Waals surface area contributed by atoms with E-state index < -0.39 is 17.1 Å². The molecule has 0 amide bonds. The van der Waals surface area contributed by atoms with Crippen LogP contribution < -0.4 is 8.32 Å². The molecule has 0 saturated carbocycles. The van der Waals surface area contributed by atoms with Crippen LogP contribution in [0.2, 0.25) is 0 Å². The van der Waals surface area contributed by atoms with Crippen molar-refractivity contribution in [3.05, 3.63) is 59.7 Å². The van der Waals surface area contributed by atoms with Gasteiger partial charge in [-0.15, -0.1) is 0 Å². The van der Waals surface area contributed by atoms with Crippen molar-refractivity contribution >= 4 is 8.32 Å². The van der Waals surface area contributed by atoms with Gasteiger partial charge in [-0.1, -0.05) is 0 Å². The zero-order chi connectivity index (χ0) is 10.7. The molecule has 0 aromatic heterocycles. The second kappa shape index (κ2) is 4.72. The fourth-order valence-electron chi connectivity index (χ4n) is 1.65. The van der Waals surface area contributed by atoms with Crippen molar-refractivity contribution < 1.29 is 17.1 Å². The number of aryl methyl sites for hydroxylation is 2. The van der Waals surface area contributed by atoms with Gasteiger partial charge in [0, 0.05) is 0 Å². The van der Waals surface area contributed by atoms with Crippen molar-refractivity contribution in [2.45, 2.75) is 13.8 Å². The van der Waals surface area contributed by atoms with Crippen LogP contribution in [0.5, 0.6) is 0 Å². The van der Waals surface area contributed by atoms with Crippen LogP contribution in [0, 0.1) is 13.8 Å². The Kier molecular flexibility index (Phi) is 3.33. The Labute approximate surface area is 98.9 Å². The fraction of sp³-hybridized carbons (Fsp3) is 0.143. The number of hydrogen-bond acceptors (Lipinski definition) is 0. The molecule has 1 heteroatoms. The van der Waals surface area contributed by atoms with Gasteiger partial charge in [-0.2, -0.15) is 0 Å². The monoisotopic (exact) mass is 246 g/mol. The van der Waals surface area contributed by atoms with E-state index in [4.69, 9.17) is 0 Å². The molecule has 0 heterocycles. The molecule has 0 spiro atoms. The van der Waals surface area contributed by atoms with E-state index in [1.165, 1.54) is 11.1 Å². The molecule has 0 unspecified atom stereocenters. The Morgan fingerprint density at radius 1 is 0.600 bits per heavy atom. The summed E-state index contributed by atoms with van der Waals surface area (Å²) in [4.78, 5) is 0. The molecule has 72 valence electrons. The van der Waals surface area contributed by atoms with Gasteiger partial charge in [-0.3, -0.25) is 0 Å². The summed E-state index contributed by atoms with van der Waals surface area (Å²) in [5, 5.41) is 0. The third kappa shape index (κ3) is 3.01. The van der Waals surface area contributed by atoms with E-state index in [0.717, 1.165) is 0 Å². The molecule has 0 nitrogen and oxygen atoms in total. The summed E-state index contributed by atoms with van der Waals surface area (Å²) in [5.74, 6) is 0. The molecule has 15 heavy (non-hydrogen) atoms. The summed E-state index contributed by atoms with van der Waals surface area (Å²) in [7, 11) is 0. The minimum atomic E-state index is -0.719. The van der Waals surface area contributed by atoms with Crippen molar-refractivity contribution in [1.82, 2.24) is 0 Å².